The summed E-state index contributed by atoms with van der Waals surface area (Å²) in [6.07, 6.45) is 0.137. The average molecular weight is 443 g/mol. The van der Waals surface area contributed by atoms with Gasteiger partial charge < -0.3 is 10.1 Å². The van der Waals surface area contributed by atoms with Crippen LogP contribution < -0.4 is 5.32 Å². The number of hydrogen-bond acceptors (Lipinski definition) is 4. The second kappa shape index (κ2) is 8.43. The van der Waals surface area contributed by atoms with E-state index < -0.39 is 18.0 Å². The molecule has 1 unspecified atom stereocenters. The summed E-state index contributed by atoms with van der Waals surface area (Å²) in [7, 11) is 0. The van der Waals surface area contributed by atoms with Crippen molar-refractivity contribution in [2.75, 3.05) is 5.32 Å². The Morgan fingerprint density at radius 3 is 2.36 bits per heavy atom. The zero-order valence-electron chi connectivity index (χ0n) is 12.4. The summed E-state index contributed by atoms with van der Waals surface area (Å²) in [4.78, 5) is 28.3. The molecule has 25 heavy (non-hydrogen) atoms. The van der Waals surface area contributed by atoms with Crippen molar-refractivity contribution in [1.82, 2.24) is 4.98 Å². The molecule has 132 valence electrons. The highest BCUT2D eigenvalue weighted by molar-refractivity contribution is 6.46. The lowest BCUT2D eigenvalue weighted by molar-refractivity contribution is -0.123. The van der Waals surface area contributed by atoms with Gasteiger partial charge in [0.2, 0.25) is 0 Å². The van der Waals surface area contributed by atoms with Crippen LogP contribution in [0.2, 0.25) is 25.1 Å². The lowest BCUT2D eigenvalue weighted by Gasteiger charge is -2.15. The summed E-state index contributed by atoms with van der Waals surface area (Å²) in [6.45, 7) is 1.36. The van der Waals surface area contributed by atoms with Crippen molar-refractivity contribution < 1.29 is 14.3 Å². The van der Waals surface area contributed by atoms with Gasteiger partial charge in [-0.2, -0.15) is 0 Å². The van der Waals surface area contributed by atoms with Gasteiger partial charge in [-0.1, -0.05) is 58.0 Å². The van der Waals surface area contributed by atoms with Crippen LogP contribution in [0.25, 0.3) is 0 Å². The average Bonchev–Trinajstić information content (AvgIpc) is 2.53. The molecule has 0 saturated heterocycles. The molecule has 2 rings (SSSR count). The molecule has 0 bridgehead atoms. The van der Waals surface area contributed by atoms with Gasteiger partial charge in [-0.05, 0) is 25.1 Å². The second-order valence-electron chi connectivity index (χ2n) is 4.74. The van der Waals surface area contributed by atoms with E-state index in [2.05, 4.69) is 10.3 Å². The van der Waals surface area contributed by atoms with Crippen LogP contribution in [0.4, 0.5) is 5.82 Å². The molecule has 10 heteroatoms. The van der Waals surface area contributed by atoms with E-state index in [1.807, 2.05) is 0 Å². The molecule has 2 aromatic rings. The van der Waals surface area contributed by atoms with E-state index in [9.17, 15) is 9.59 Å². The summed E-state index contributed by atoms with van der Waals surface area (Å²) < 4.78 is 5.08. The molecule has 1 amide bonds. The van der Waals surface area contributed by atoms with Crippen LogP contribution in [-0.4, -0.2) is 23.0 Å². The van der Waals surface area contributed by atoms with Gasteiger partial charge in [-0.15, -0.1) is 0 Å². The molecule has 1 heterocycles. The molecule has 0 radical (unpaired) electrons. The Hall–Kier alpha value is -1.24. The minimum absolute atomic E-state index is 0.0504. The fourth-order valence-electron chi connectivity index (χ4n) is 1.71. The Balaban J connectivity index is 2.11. The summed E-state index contributed by atoms with van der Waals surface area (Å²) in [5.74, 6) is -1.47. The third-order valence-corrected chi connectivity index (χ3v) is 4.56. The highest BCUT2D eigenvalue weighted by Crippen LogP contribution is 2.32. The maximum atomic E-state index is 12.2. The monoisotopic (exact) mass is 440 g/mol. The topological polar surface area (TPSA) is 68.3 Å². The van der Waals surface area contributed by atoms with Crippen molar-refractivity contribution in [2.45, 2.75) is 13.0 Å². The molecule has 1 atom stereocenters. The fourth-order valence-corrected chi connectivity index (χ4v) is 2.82. The van der Waals surface area contributed by atoms with E-state index in [1.54, 1.807) is 0 Å². The van der Waals surface area contributed by atoms with Gasteiger partial charge in [-0.3, -0.25) is 4.79 Å². The Morgan fingerprint density at radius 2 is 1.72 bits per heavy atom. The van der Waals surface area contributed by atoms with Gasteiger partial charge >= 0.3 is 5.97 Å². The minimum Gasteiger partial charge on any atom is -0.449 e. The number of ether oxygens (including phenoxy) is 1. The molecule has 5 nitrogen and oxygen atoms in total. The van der Waals surface area contributed by atoms with Crippen molar-refractivity contribution >= 4 is 75.7 Å². The first kappa shape index (κ1) is 20.1. The Morgan fingerprint density at radius 1 is 1.08 bits per heavy atom. The molecular weight excluding hydrogens is 433 g/mol. The standard InChI is InChI=1S/C15H9Cl5N2O3/c1-6(14(23)22-13-10(19)4-7(16)5-21-13)25-15(24)11-8(17)2-3-9(18)12(11)20/h2-6H,1H3,(H,21,22,23). The number of rotatable bonds is 4. The van der Waals surface area contributed by atoms with Gasteiger partial charge in [0.1, 0.15) is 0 Å². The zero-order chi connectivity index (χ0) is 18.7. The molecule has 0 fully saturated rings. The van der Waals surface area contributed by atoms with Crippen LogP contribution in [0.3, 0.4) is 0 Å². The molecule has 1 aromatic carbocycles. The summed E-state index contributed by atoms with van der Waals surface area (Å²) in [5, 5.41) is 3.00. The van der Waals surface area contributed by atoms with E-state index in [1.165, 1.54) is 31.3 Å². The molecule has 0 aliphatic rings. The highest BCUT2D eigenvalue weighted by Gasteiger charge is 2.24. The quantitative estimate of drug-likeness (QED) is 0.499. The number of aromatic nitrogens is 1. The predicted molar refractivity (Wildman–Crippen MR) is 99.2 cm³/mol. The van der Waals surface area contributed by atoms with Crippen LogP contribution in [0, 0.1) is 0 Å². The molecule has 0 spiro atoms. The number of nitrogens with zero attached hydrogens (tertiary/aromatic N) is 1. The maximum Gasteiger partial charge on any atom is 0.342 e. The number of hydrogen-bond donors (Lipinski definition) is 1. The number of carbonyl (C=O) groups is 2. The summed E-state index contributed by atoms with van der Waals surface area (Å²) in [5.41, 5.74) is -0.127. The predicted octanol–water partition coefficient (Wildman–Crippen LogP) is 5.53. The SMILES string of the molecule is CC(OC(=O)c1c(Cl)ccc(Cl)c1Cl)C(=O)Nc1ncc(Cl)cc1Cl. The number of pyridine rings is 1. The Labute approximate surface area is 168 Å². The van der Waals surface area contributed by atoms with Crippen molar-refractivity contribution in [3.63, 3.8) is 0 Å². The Bertz CT molecular complexity index is 844. The molecular formula is C15H9Cl5N2O3. The van der Waals surface area contributed by atoms with Crippen LogP contribution in [0.15, 0.2) is 24.4 Å². The molecule has 1 N–H and O–H groups in total. The van der Waals surface area contributed by atoms with E-state index in [0.717, 1.165) is 0 Å². The van der Waals surface area contributed by atoms with Gasteiger partial charge in [0, 0.05) is 6.20 Å². The van der Waals surface area contributed by atoms with Crippen molar-refractivity contribution in [3.8, 4) is 0 Å². The van der Waals surface area contributed by atoms with Crippen LogP contribution in [0.5, 0.6) is 0 Å². The van der Waals surface area contributed by atoms with Crippen LogP contribution in [-0.2, 0) is 9.53 Å². The molecule has 0 aliphatic carbocycles. The third-order valence-electron chi connectivity index (χ3n) is 2.95. The molecule has 1 aromatic heterocycles. The number of amides is 1. The fraction of sp³-hybridized carbons (Fsp3) is 0.133. The molecule has 0 saturated carbocycles. The normalized spacial score (nSPS) is 11.8. The number of halogens is 5. The third kappa shape index (κ3) is 4.90. The minimum atomic E-state index is -1.17. The second-order valence-corrected chi connectivity index (χ2v) is 6.77. The van der Waals surface area contributed by atoms with Gasteiger partial charge in [0.05, 0.1) is 30.7 Å². The maximum absolute atomic E-state index is 12.2. The Kier molecular flexibility index (Phi) is 6.77. The van der Waals surface area contributed by atoms with Gasteiger partial charge in [0.15, 0.2) is 11.9 Å². The van der Waals surface area contributed by atoms with E-state index in [-0.39, 0.29) is 31.5 Å². The zero-order valence-corrected chi connectivity index (χ0v) is 16.2. The van der Waals surface area contributed by atoms with Crippen molar-refractivity contribution in [2.24, 2.45) is 0 Å². The van der Waals surface area contributed by atoms with Crippen LogP contribution >= 0.6 is 58.0 Å². The first-order valence-electron chi connectivity index (χ1n) is 6.67. The summed E-state index contributed by atoms with van der Waals surface area (Å²) >= 11 is 29.4. The number of anilines is 1. The number of benzene rings is 1. The smallest absolute Gasteiger partial charge is 0.342 e. The van der Waals surface area contributed by atoms with Crippen molar-refractivity contribution in [3.05, 3.63) is 55.1 Å². The van der Waals surface area contributed by atoms with E-state index >= 15 is 0 Å². The number of esters is 1. The highest BCUT2D eigenvalue weighted by atomic mass is 35.5. The number of nitrogens with one attached hydrogen (secondary N) is 1. The first-order chi connectivity index (χ1) is 11.7. The molecule has 0 aliphatic heterocycles. The lowest BCUT2D eigenvalue weighted by atomic mass is 10.2. The van der Waals surface area contributed by atoms with Gasteiger partial charge in [0.25, 0.3) is 5.91 Å². The largest absolute Gasteiger partial charge is 0.449 e. The van der Waals surface area contributed by atoms with E-state index in [4.69, 9.17) is 62.7 Å². The number of carbonyl (C=O) groups excluding carboxylic acids is 2. The van der Waals surface area contributed by atoms with Gasteiger partial charge in [-0.25, -0.2) is 9.78 Å². The lowest BCUT2D eigenvalue weighted by Crippen LogP contribution is -2.30. The first-order valence-corrected chi connectivity index (χ1v) is 8.56. The van der Waals surface area contributed by atoms with Crippen molar-refractivity contribution in [1.29, 1.82) is 0 Å². The van der Waals surface area contributed by atoms with E-state index in [0.29, 0.717) is 5.02 Å². The summed E-state index contributed by atoms with van der Waals surface area (Å²) in [6, 6.07) is 4.25. The van der Waals surface area contributed by atoms with Crippen LogP contribution in [0.1, 0.15) is 17.3 Å².